The Bertz CT molecular complexity index is 906. The largest absolute Gasteiger partial charge is 0.356 e. The van der Waals surface area contributed by atoms with Gasteiger partial charge in [0.2, 0.25) is 0 Å². The zero-order valence-electron chi connectivity index (χ0n) is 16.4. The smallest absolute Gasteiger partial charge is 0.252 e. The Morgan fingerprint density at radius 1 is 1.00 bits per heavy atom. The number of aromatic nitrogens is 3. The van der Waals surface area contributed by atoms with Crippen molar-refractivity contribution in [2.24, 2.45) is 4.99 Å². The molecule has 1 amide bonds. The zero-order chi connectivity index (χ0) is 20.3. The van der Waals surface area contributed by atoms with Crippen molar-refractivity contribution in [3.05, 3.63) is 78.4 Å². The molecule has 0 spiro atoms. The highest BCUT2D eigenvalue weighted by Crippen LogP contribution is 2.08. The second-order valence-electron chi connectivity index (χ2n) is 6.29. The number of guanidine groups is 1. The highest BCUT2D eigenvalue weighted by molar-refractivity contribution is 5.93. The fraction of sp³-hybridized carbons (Fsp3) is 0.238. The molecule has 0 saturated carbocycles. The molecular formula is C21H25N7O. The lowest BCUT2D eigenvalue weighted by Gasteiger charge is -2.12. The first-order valence-corrected chi connectivity index (χ1v) is 9.48. The first-order valence-electron chi connectivity index (χ1n) is 9.48. The number of nitrogens with one attached hydrogen (secondary N) is 3. The van der Waals surface area contributed by atoms with E-state index < -0.39 is 0 Å². The summed E-state index contributed by atoms with van der Waals surface area (Å²) in [7, 11) is 1.72. The second-order valence-corrected chi connectivity index (χ2v) is 6.29. The van der Waals surface area contributed by atoms with Crippen LogP contribution in [0.4, 0.5) is 0 Å². The van der Waals surface area contributed by atoms with Gasteiger partial charge in [0.1, 0.15) is 0 Å². The van der Waals surface area contributed by atoms with Crippen LogP contribution in [0.1, 0.15) is 15.9 Å². The quantitative estimate of drug-likeness (QED) is 0.306. The van der Waals surface area contributed by atoms with Gasteiger partial charge in [0, 0.05) is 51.5 Å². The third-order valence-corrected chi connectivity index (χ3v) is 4.26. The van der Waals surface area contributed by atoms with Gasteiger partial charge in [-0.15, -0.1) is 0 Å². The first-order chi connectivity index (χ1) is 14.3. The minimum Gasteiger partial charge on any atom is -0.356 e. The number of aliphatic imine (C=N–C) groups is 1. The summed E-state index contributed by atoms with van der Waals surface area (Å²) in [6.45, 7) is 1.82. The van der Waals surface area contributed by atoms with E-state index in [1.165, 1.54) is 5.56 Å². The van der Waals surface area contributed by atoms with Gasteiger partial charge in [-0.2, -0.15) is 5.10 Å². The van der Waals surface area contributed by atoms with Crippen molar-refractivity contribution in [3.63, 3.8) is 0 Å². The highest BCUT2D eigenvalue weighted by atomic mass is 16.1. The lowest BCUT2D eigenvalue weighted by atomic mass is 10.1. The summed E-state index contributed by atoms with van der Waals surface area (Å²) < 4.78 is 1.83. The van der Waals surface area contributed by atoms with E-state index in [4.69, 9.17) is 0 Å². The fourth-order valence-corrected chi connectivity index (χ4v) is 2.74. The van der Waals surface area contributed by atoms with Crippen LogP contribution in [-0.4, -0.2) is 53.3 Å². The Morgan fingerprint density at radius 3 is 2.48 bits per heavy atom. The standard InChI is InChI=1S/C21H25N7O/c1-22-21(26-14-13-24-20(29)18-4-2-10-23-16-18)25-12-9-17-5-7-19(8-6-17)28-15-3-11-27-28/h2-8,10-11,15-16H,9,12-14H2,1H3,(H,24,29)(H2,22,25,26). The summed E-state index contributed by atoms with van der Waals surface area (Å²) in [5, 5.41) is 13.5. The Hall–Kier alpha value is -3.68. The maximum atomic E-state index is 12.0. The lowest BCUT2D eigenvalue weighted by molar-refractivity contribution is 0.0954. The third kappa shape index (κ3) is 6.17. The predicted molar refractivity (Wildman–Crippen MR) is 113 cm³/mol. The molecule has 2 aromatic heterocycles. The van der Waals surface area contributed by atoms with E-state index in [-0.39, 0.29) is 5.91 Å². The minimum atomic E-state index is -0.138. The maximum Gasteiger partial charge on any atom is 0.252 e. The van der Waals surface area contributed by atoms with Gasteiger partial charge in [-0.25, -0.2) is 4.68 Å². The molecule has 0 unspecified atom stereocenters. The van der Waals surface area contributed by atoms with Crippen molar-refractivity contribution in [1.82, 2.24) is 30.7 Å². The summed E-state index contributed by atoms with van der Waals surface area (Å²) in [6.07, 6.45) is 7.75. The van der Waals surface area contributed by atoms with E-state index in [1.807, 2.05) is 16.9 Å². The van der Waals surface area contributed by atoms with Gasteiger partial charge in [0.05, 0.1) is 11.3 Å². The number of amides is 1. The average molecular weight is 391 g/mol. The second kappa shape index (κ2) is 10.6. The molecule has 0 fully saturated rings. The van der Waals surface area contributed by atoms with E-state index in [9.17, 15) is 4.79 Å². The Balaban J connectivity index is 1.34. The highest BCUT2D eigenvalue weighted by Gasteiger charge is 2.04. The van der Waals surface area contributed by atoms with Crippen molar-refractivity contribution < 1.29 is 4.79 Å². The Kier molecular flexibility index (Phi) is 7.34. The summed E-state index contributed by atoms with van der Waals surface area (Å²) in [5.74, 6) is 0.565. The van der Waals surface area contributed by atoms with Gasteiger partial charge in [0.15, 0.2) is 5.96 Å². The molecule has 2 heterocycles. The number of pyridine rings is 1. The first kappa shape index (κ1) is 20.1. The molecule has 0 radical (unpaired) electrons. The number of rotatable bonds is 8. The van der Waals surface area contributed by atoms with Crippen LogP contribution in [0.5, 0.6) is 0 Å². The SMILES string of the molecule is CN=C(NCCNC(=O)c1cccnc1)NCCc1ccc(-n2cccn2)cc1. The molecule has 1 aromatic carbocycles. The molecule has 0 aliphatic carbocycles. The van der Waals surface area contributed by atoms with Gasteiger partial charge in [0.25, 0.3) is 5.91 Å². The Morgan fingerprint density at radius 2 is 1.79 bits per heavy atom. The molecule has 3 N–H and O–H groups in total. The van der Waals surface area contributed by atoms with Crippen molar-refractivity contribution in [2.75, 3.05) is 26.7 Å². The monoisotopic (exact) mass is 391 g/mol. The van der Waals surface area contributed by atoms with Crippen molar-refractivity contribution in [2.45, 2.75) is 6.42 Å². The molecule has 150 valence electrons. The Labute approximate surface area is 170 Å². The van der Waals surface area contributed by atoms with Crippen LogP contribution in [0.2, 0.25) is 0 Å². The lowest BCUT2D eigenvalue weighted by Crippen LogP contribution is -2.42. The number of hydrogen-bond acceptors (Lipinski definition) is 4. The summed E-state index contributed by atoms with van der Waals surface area (Å²) in [5.41, 5.74) is 2.82. The van der Waals surface area contributed by atoms with Crippen LogP contribution >= 0.6 is 0 Å². The average Bonchev–Trinajstić information content (AvgIpc) is 3.31. The van der Waals surface area contributed by atoms with Gasteiger partial charge in [-0.3, -0.25) is 14.8 Å². The van der Waals surface area contributed by atoms with E-state index in [1.54, 1.807) is 37.8 Å². The van der Waals surface area contributed by atoms with Crippen LogP contribution in [0, 0.1) is 0 Å². The van der Waals surface area contributed by atoms with Crippen LogP contribution in [-0.2, 0) is 6.42 Å². The number of carbonyl (C=O) groups is 1. The molecule has 29 heavy (non-hydrogen) atoms. The van der Waals surface area contributed by atoms with Crippen molar-refractivity contribution in [3.8, 4) is 5.69 Å². The molecule has 0 aliphatic rings. The zero-order valence-corrected chi connectivity index (χ0v) is 16.4. The fourth-order valence-electron chi connectivity index (χ4n) is 2.74. The topological polar surface area (TPSA) is 96.2 Å². The van der Waals surface area contributed by atoms with Crippen molar-refractivity contribution >= 4 is 11.9 Å². The molecule has 0 aliphatic heterocycles. The number of nitrogens with zero attached hydrogens (tertiary/aromatic N) is 4. The molecule has 3 rings (SSSR count). The molecule has 0 saturated heterocycles. The molecule has 0 atom stereocenters. The van der Waals surface area contributed by atoms with Gasteiger partial charge >= 0.3 is 0 Å². The minimum absolute atomic E-state index is 0.138. The number of carbonyl (C=O) groups excluding carboxylic acids is 1. The summed E-state index contributed by atoms with van der Waals surface area (Å²) in [4.78, 5) is 20.1. The predicted octanol–water partition coefficient (Wildman–Crippen LogP) is 1.40. The molecule has 8 nitrogen and oxygen atoms in total. The van der Waals surface area contributed by atoms with Crippen LogP contribution < -0.4 is 16.0 Å². The van der Waals surface area contributed by atoms with Crippen LogP contribution in [0.25, 0.3) is 5.69 Å². The maximum absolute atomic E-state index is 12.0. The molecule has 8 heteroatoms. The molecular weight excluding hydrogens is 366 g/mol. The van der Waals surface area contributed by atoms with Gasteiger partial charge in [-0.05, 0) is 42.3 Å². The van der Waals surface area contributed by atoms with E-state index in [0.717, 1.165) is 18.7 Å². The molecule has 0 bridgehead atoms. The summed E-state index contributed by atoms with van der Waals surface area (Å²) in [6, 6.07) is 13.7. The van der Waals surface area contributed by atoms with E-state index >= 15 is 0 Å². The van der Waals surface area contributed by atoms with Crippen molar-refractivity contribution in [1.29, 1.82) is 0 Å². The van der Waals surface area contributed by atoms with Gasteiger partial charge < -0.3 is 16.0 Å². The number of hydrogen-bond donors (Lipinski definition) is 3. The third-order valence-electron chi connectivity index (χ3n) is 4.26. The number of benzene rings is 1. The summed E-state index contributed by atoms with van der Waals surface area (Å²) >= 11 is 0. The van der Waals surface area contributed by atoms with E-state index in [0.29, 0.717) is 24.6 Å². The van der Waals surface area contributed by atoms with Crippen LogP contribution in [0.3, 0.4) is 0 Å². The van der Waals surface area contributed by atoms with Crippen LogP contribution in [0.15, 0.2) is 72.2 Å². The van der Waals surface area contributed by atoms with E-state index in [2.05, 4.69) is 55.3 Å². The molecule has 3 aromatic rings. The normalized spacial score (nSPS) is 11.1. The van der Waals surface area contributed by atoms with Gasteiger partial charge in [-0.1, -0.05) is 12.1 Å².